The highest BCUT2D eigenvalue weighted by molar-refractivity contribution is 5.65. The monoisotopic (exact) mass is 235 g/mol. The number of anilines is 1. The molecule has 0 saturated carbocycles. The van der Waals surface area contributed by atoms with Crippen LogP contribution < -0.4 is 9.64 Å². The number of fused-ring (bicyclic) bond motifs is 1. The van der Waals surface area contributed by atoms with Crippen LogP contribution in [-0.2, 0) is 6.42 Å². The van der Waals surface area contributed by atoms with Gasteiger partial charge in [-0.1, -0.05) is 19.1 Å². The highest BCUT2D eigenvalue weighted by atomic mass is 16.5. The molecule has 1 aromatic rings. The molecule has 0 spiro atoms. The fourth-order valence-corrected chi connectivity index (χ4v) is 2.43. The number of nitrogens with zero attached hydrogens (tertiary/aromatic N) is 1. The molecule has 0 amide bonds. The smallest absolute Gasteiger partial charge is 0.142 e. The van der Waals surface area contributed by atoms with E-state index in [4.69, 9.17) is 4.74 Å². The zero-order valence-corrected chi connectivity index (χ0v) is 10.6. The zero-order chi connectivity index (χ0) is 12.3. The Hall–Kier alpha value is -1.22. The van der Waals surface area contributed by atoms with Gasteiger partial charge in [0, 0.05) is 13.1 Å². The first-order valence-corrected chi connectivity index (χ1v) is 6.35. The van der Waals surface area contributed by atoms with Gasteiger partial charge in [-0.25, -0.2) is 0 Å². The molecule has 3 heteroatoms. The number of aryl methyl sites for hydroxylation is 1. The standard InChI is InChI=1S/C14H21NO2/c1-3-12(16)10-15-9-5-7-11-6-4-8-13(17-2)14(11)15/h4,6,8,12,16H,3,5,7,9-10H2,1-2H3/t12-/m1/s1. The van der Waals surface area contributed by atoms with Crippen molar-refractivity contribution in [2.75, 3.05) is 25.1 Å². The summed E-state index contributed by atoms with van der Waals surface area (Å²) in [5, 5.41) is 9.82. The maximum atomic E-state index is 9.82. The summed E-state index contributed by atoms with van der Waals surface area (Å²) >= 11 is 0. The zero-order valence-electron chi connectivity index (χ0n) is 10.6. The van der Waals surface area contributed by atoms with Gasteiger partial charge in [-0.3, -0.25) is 0 Å². The van der Waals surface area contributed by atoms with Gasteiger partial charge in [-0.15, -0.1) is 0 Å². The van der Waals surface area contributed by atoms with E-state index in [2.05, 4.69) is 11.0 Å². The van der Waals surface area contributed by atoms with Crippen molar-refractivity contribution in [3.05, 3.63) is 23.8 Å². The van der Waals surface area contributed by atoms with Crippen LogP contribution in [0.25, 0.3) is 0 Å². The van der Waals surface area contributed by atoms with Crippen molar-refractivity contribution in [3.63, 3.8) is 0 Å². The lowest BCUT2D eigenvalue weighted by Crippen LogP contribution is -2.36. The molecule has 0 unspecified atom stereocenters. The van der Waals surface area contributed by atoms with E-state index in [-0.39, 0.29) is 6.10 Å². The van der Waals surface area contributed by atoms with Gasteiger partial charge in [0.25, 0.3) is 0 Å². The SMILES string of the molecule is CC[C@@H](O)CN1CCCc2cccc(OC)c21. The minimum absolute atomic E-state index is 0.258. The summed E-state index contributed by atoms with van der Waals surface area (Å²) in [7, 11) is 1.71. The molecule has 0 aliphatic carbocycles. The first-order valence-electron chi connectivity index (χ1n) is 6.35. The van der Waals surface area contributed by atoms with Crippen LogP contribution in [0, 0.1) is 0 Å². The van der Waals surface area contributed by atoms with E-state index in [1.165, 1.54) is 11.3 Å². The molecule has 0 saturated heterocycles. The fourth-order valence-electron chi connectivity index (χ4n) is 2.43. The predicted octanol–water partition coefficient (Wildman–Crippen LogP) is 2.22. The van der Waals surface area contributed by atoms with Crippen molar-refractivity contribution in [2.45, 2.75) is 32.3 Å². The van der Waals surface area contributed by atoms with E-state index < -0.39 is 0 Å². The second-order valence-corrected chi connectivity index (χ2v) is 4.58. The largest absolute Gasteiger partial charge is 0.495 e. The lowest BCUT2D eigenvalue weighted by molar-refractivity contribution is 0.175. The predicted molar refractivity (Wildman–Crippen MR) is 69.8 cm³/mol. The summed E-state index contributed by atoms with van der Waals surface area (Å²) in [5.41, 5.74) is 2.51. The number of methoxy groups -OCH3 is 1. The Morgan fingerprint density at radius 3 is 3.00 bits per heavy atom. The first-order chi connectivity index (χ1) is 8.26. The number of ether oxygens (including phenoxy) is 1. The molecule has 0 bridgehead atoms. The highest BCUT2D eigenvalue weighted by Gasteiger charge is 2.22. The number of hydrogen-bond acceptors (Lipinski definition) is 3. The number of benzene rings is 1. The molecule has 1 N–H and O–H groups in total. The Balaban J connectivity index is 2.28. The Kier molecular flexibility index (Phi) is 3.89. The second-order valence-electron chi connectivity index (χ2n) is 4.58. The van der Waals surface area contributed by atoms with Crippen LogP contribution in [0.1, 0.15) is 25.3 Å². The summed E-state index contributed by atoms with van der Waals surface area (Å²) in [4.78, 5) is 2.26. The minimum atomic E-state index is -0.258. The maximum Gasteiger partial charge on any atom is 0.142 e. The summed E-state index contributed by atoms with van der Waals surface area (Å²) in [6.07, 6.45) is 2.79. The number of β-amino-alcohol motifs (C(OH)–C–C–N with tert-alkyl or cyclic N) is 1. The molecule has 1 aliphatic heterocycles. The number of rotatable bonds is 4. The minimum Gasteiger partial charge on any atom is -0.495 e. The van der Waals surface area contributed by atoms with Crippen LogP contribution in [0.2, 0.25) is 0 Å². The van der Waals surface area contributed by atoms with Crippen LogP contribution >= 0.6 is 0 Å². The summed E-state index contributed by atoms with van der Waals surface area (Å²) in [5.74, 6) is 0.922. The second kappa shape index (κ2) is 5.41. The van der Waals surface area contributed by atoms with Gasteiger partial charge in [0.1, 0.15) is 5.75 Å². The van der Waals surface area contributed by atoms with Gasteiger partial charge in [-0.2, -0.15) is 0 Å². The van der Waals surface area contributed by atoms with E-state index in [0.29, 0.717) is 6.54 Å². The average molecular weight is 235 g/mol. The van der Waals surface area contributed by atoms with E-state index in [0.717, 1.165) is 31.6 Å². The van der Waals surface area contributed by atoms with Crippen molar-refractivity contribution >= 4 is 5.69 Å². The number of aliphatic hydroxyl groups is 1. The van der Waals surface area contributed by atoms with Gasteiger partial charge < -0.3 is 14.7 Å². The Labute approximate surface area is 103 Å². The third-order valence-corrected chi connectivity index (χ3v) is 3.40. The molecule has 1 aliphatic rings. The van der Waals surface area contributed by atoms with Crippen LogP contribution in [0.5, 0.6) is 5.75 Å². The molecule has 0 aromatic heterocycles. The molecule has 2 rings (SSSR count). The molecule has 94 valence electrons. The van der Waals surface area contributed by atoms with Crippen molar-refractivity contribution in [2.24, 2.45) is 0 Å². The maximum absolute atomic E-state index is 9.82. The normalized spacial score (nSPS) is 16.5. The van der Waals surface area contributed by atoms with Gasteiger partial charge in [-0.05, 0) is 30.9 Å². The fraction of sp³-hybridized carbons (Fsp3) is 0.571. The molecule has 3 nitrogen and oxygen atoms in total. The van der Waals surface area contributed by atoms with Crippen LogP contribution in [0.15, 0.2) is 18.2 Å². The number of hydrogen-bond donors (Lipinski definition) is 1. The lowest BCUT2D eigenvalue weighted by atomic mass is 10.0. The molecule has 1 atom stereocenters. The summed E-state index contributed by atoms with van der Waals surface area (Å²) < 4.78 is 5.43. The quantitative estimate of drug-likeness (QED) is 0.868. The van der Waals surface area contributed by atoms with Crippen LogP contribution in [-0.4, -0.2) is 31.4 Å². The Bertz CT molecular complexity index is 364. The number of para-hydroxylation sites is 1. The van der Waals surface area contributed by atoms with E-state index in [9.17, 15) is 5.11 Å². The Morgan fingerprint density at radius 2 is 2.29 bits per heavy atom. The topological polar surface area (TPSA) is 32.7 Å². The third kappa shape index (κ3) is 2.55. The lowest BCUT2D eigenvalue weighted by Gasteiger charge is -2.33. The summed E-state index contributed by atoms with van der Waals surface area (Å²) in [6.45, 7) is 3.71. The molecule has 1 heterocycles. The molecule has 1 aromatic carbocycles. The van der Waals surface area contributed by atoms with E-state index in [1.807, 2.05) is 19.1 Å². The first kappa shape index (κ1) is 12.2. The van der Waals surface area contributed by atoms with E-state index in [1.54, 1.807) is 7.11 Å². The molecule has 0 radical (unpaired) electrons. The van der Waals surface area contributed by atoms with E-state index >= 15 is 0 Å². The van der Waals surface area contributed by atoms with Crippen molar-refractivity contribution in [1.29, 1.82) is 0 Å². The van der Waals surface area contributed by atoms with Crippen LogP contribution in [0.3, 0.4) is 0 Å². The van der Waals surface area contributed by atoms with Crippen molar-refractivity contribution in [1.82, 2.24) is 0 Å². The van der Waals surface area contributed by atoms with Crippen molar-refractivity contribution < 1.29 is 9.84 Å². The number of aliphatic hydroxyl groups excluding tert-OH is 1. The highest BCUT2D eigenvalue weighted by Crippen LogP contribution is 2.36. The molecular formula is C14H21NO2. The van der Waals surface area contributed by atoms with Gasteiger partial charge in [0.2, 0.25) is 0 Å². The third-order valence-electron chi connectivity index (χ3n) is 3.40. The van der Waals surface area contributed by atoms with Crippen LogP contribution in [0.4, 0.5) is 5.69 Å². The molecule has 0 fully saturated rings. The van der Waals surface area contributed by atoms with Gasteiger partial charge in [0.05, 0.1) is 18.9 Å². The molecular weight excluding hydrogens is 214 g/mol. The Morgan fingerprint density at radius 1 is 1.47 bits per heavy atom. The molecule has 17 heavy (non-hydrogen) atoms. The van der Waals surface area contributed by atoms with Gasteiger partial charge >= 0.3 is 0 Å². The summed E-state index contributed by atoms with van der Waals surface area (Å²) in [6, 6.07) is 6.19. The average Bonchev–Trinajstić information content (AvgIpc) is 2.38. The van der Waals surface area contributed by atoms with Gasteiger partial charge in [0.15, 0.2) is 0 Å². The van der Waals surface area contributed by atoms with Crippen molar-refractivity contribution in [3.8, 4) is 5.75 Å².